The van der Waals surface area contributed by atoms with Crippen LogP contribution in [0.25, 0.3) is 0 Å². The number of hydrogen-bond acceptors (Lipinski definition) is 6. The lowest BCUT2D eigenvalue weighted by molar-refractivity contribution is -0.117. The molecule has 0 aromatic heterocycles. The number of likely N-dealkylation sites (tertiary alicyclic amines) is 1. The zero-order valence-corrected chi connectivity index (χ0v) is 14.0. The van der Waals surface area contributed by atoms with Gasteiger partial charge in [-0.3, -0.25) is 14.5 Å². The average Bonchev–Trinajstić information content (AvgIpc) is 3.02. The summed E-state index contributed by atoms with van der Waals surface area (Å²) in [6.45, 7) is 3.53. The van der Waals surface area contributed by atoms with Crippen LogP contribution in [0.4, 0.5) is 5.69 Å². The van der Waals surface area contributed by atoms with Gasteiger partial charge in [-0.05, 0) is 25.8 Å². The van der Waals surface area contributed by atoms with Gasteiger partial charge >= 0.3 is 0 Å². The van der Waals surface area contributed by atoms with E-state index in [1.165, 1.54) is 6.92 Å². The number of methoxy groups -OCH3 is 1. The Kier molecular flexibility index (Phi) is 5.01. The van der Waals surface area contributed by atoms with E-state index >= 15 is 0 Å². The van der Waals surface area contributed by atoms with Gasteiger partial charge in [0, 0.05) is 31.8 Å². The summed E-state index contributed by atoms with van der Waals surface area (Å²) >= 11 is 0. The summed E-state index contributed by atoms with van der Waals surface area (Å²) < 4.78 is 15.9. The normalized spacial score (nSPS) is 17.8. The molecule has 0 spiro atoms. The number of anilines is 1. The van der Waals surface area contributed by atoms with E-state index in [4.69, 9.17) is 14.2 Å². The van der Waals surface area contributed by atoms with Crippen LogP contribution in [0, 0.1) is 0 Å². The monoisotopic (exact) mass is 334 g/mol. The molecule has 1 saturated heterocycles. The SMILES string of the molecule is COC1CCN(CC(=O)Nc2cc3c(cc2C(C)=O)OCO3)CC1. The summed E-state index contributed by atoms with van der Waals surface area (Å²) in [6.07, 6.45) is 2.13. The second kappa shape index (κ2) is 7.19. The van der Waals surface area contributed by atoms with Crippen molar-refractivity contribution in [3.8, 4) is 11.5 Å². The molecule has 2 heterocycles. The maximum Gasteiger partial charge on any atom is 0.238 e. The summed E-state index contributed by atoms with van der Waals surface area (Å²) in [4.78, 5) is 26.3. The van der Waals surface area contributed by atoms with Gasteiger partial charge in [0.05, 0.1) is 18.3 Å². The number of ketones is 1. The van der Waals surface area contributed by atoms with Crippen LogP contribution in [0.3, 0.4) is 0 Å². The fourth-order valence-electron chi connectivity index (χ4n) is 3.03. The van der Waals surface area contributed by atoms with Crippen LogP contribution >= 0.6 is 0 Å². The highest BCUT2D eigenvalue weighted by Gasteiger charge is 2.23. The van der Waals surface area contributed by atoms with Crippen LogP contribution in [-0.2, 0) is 9.53 Å². The summed E-state index contributed by atoms with van der Waals surface area (Å²) in [6, 6.07) is 3.26. The van der Waals surface area contributed by atoms with Crippen LogP contribution in [-0.4, -0.2) is 56.2 Å². The summed E-state index contributed by atoms with van der Waals surface area (Å²) in [5.74, 6) is 0.785. The lowest BCUT2D eigenvalue weighted by atomic mass is 10.1. The molecule has 1 N–H and O–H groups in total. The summed E-state index contributed by atoms with van der Waals surface area (Å²) in [5, 5.41) is 2.83. The maximum atomic E-state index is 12.3. The van der Waals surface area contributed by atoms with Gasteiger partial charge in [0.15, 0.2) is 17.3 Å². The fraction of sp³-hybridized carbons (Fsp3) is 0.529. The van der Waals surface area contributed by atoms with Gasteiger partial charge in [-0.25, -0.2) is 0 Å². The molecule has 1 amide bonds. The Morgan fingerprint density at radius 3 is 2.54 bits per heavy atom. The first-order valence-corrected chi connectivity index (χ1v) is 8.06. The van der Waals surface area contributed by atoms with E-state index in [0.29, 0.717) is 29.3 Å². The van der Waals surface area contributed by atoms with E-state index in [2.05, 4.69) is 10.2 Å². The van der Waals surface area contributed by atoms with E-state index in [1.54, 1.807) is 19.2 Å². The third kappa shape index (κ3) is 3.68. The Hall–Kier alpha value is -2.12. The van der Waals surface area contributed by atoms with Crippen molar-refractivity contribution in [1.82, 2.24) is 4.90 Å². The van der Waals surface area contributed by atoms with Gasteiger partial charge in [0.25, 0.3) is 0 Å². The minimum Gasteiger partial charge on any atom is -0.454 e. The Labute approximate surface area is 140 Å². The van der Waals surface area contributed by atoms with Gasteiger partial charge in [-0.1, -0.05) is 0 Å². The van der Waals surface area contributed by atoms with Crippen LogP contribution in [0.2, 0.25) is 0 Å². The molecule has 1 aromatic carbocycles. The molecular weight excluding hydrogens is 312 g/mol. The minimum absolute atomic E-state index is 0.124. The molecular formula is C17H22N2O5. The molecule has 0 radical (unpaired) electrons. The Morgan fingerprint density at radius 2 is 1.92 bits per heavy atom. The van der Waals surface area contributed by atoms with Gasteiger partial charge in [0.2, 0.25) is 12.7 Å². The second-order valence-corrected chi connectivity index (χ2v) is 6.07. The topological polar surface area (TPSA) is 77.1 Å². The molecule has 0 saturated carbocycles. The van der Waals surface area contributed by atoms with E-state index in [-0.39, 0.29) is 24.6 Å². The zero-order valence-electron chi connectivity index (χ0n) is 14.0. The van der Waals surface area contributed by atoms with Crippen LogP contribution < -0.4 is 14.8 Å². The van der Waals surface area contributed by atoms with Gasteiger partial charge in [0.1, 0.15) is 0 Å². The molecule has 1 aromatic rings. The van der Waals surface area contributed by atoms with Gasteiger partial charge < -0.3 is 19.5 Å². The number of benzene rings is 1. The highest BCUT2D eigenvalue weighted by Crippen LogP contribution is 2.37. The number of carbonyl (C=O) groups is 2. The van der Waals surface area contributed by atoms with Crippen molar-refractivity contribution in [1.29, 1.82) is 0 Å². The third-order valence-corrected chi connectivity index (χ3v) is 4.40. The zero-order chi connectivity index (χ0) is 17.1. The molecule has 7 nitrogen and oxygen atoms in total. The minimum atomic E-state index is -0.146. The van der Waals surface area contributed by atoms with Crippen molar-refractivity contribution >= 4 is 17.4 Å². The second-order valence-electron chi connectivity index (χ2n) is 6.07. The number of carbonyl (C=O) groups excluding carboxylic acids is 2. The number of piperidine rings is 1. The number of rotatable bonds is 5. The number of Topliss-reactive ketones (excluding diaryl/α,β-unsaturated/α-hetero) is 1. The average molecular weight is 334 g/mol. The molecule has 3 rings (SSSR count). The van der Waals surface area contributed by atoms with Crippen molar-refractivity contribution in [2.75, 3.05) is 38.9 Å². The molecule has 0 unspecified atom stereocenters. The number of hydrogen-bond donors (Lipinski definition) is 1. The van der Waals surface area contributed by atoms with Gasteiger partial charge in [-0.2, -0.15) is 0 Å². The largest absolute Gasteiger partial charge is 0.454 e. The van der Waals surface area contributed by atoms with Crippen LogP contribution in [0.15, 0.2) is 12.1 Å². The molecule has 130 valence electrons. The molecule has 0 aliphatic carbocycles. The van der Waals surface area contributed by atoms with Gasteiger partial charge in [-0.15, -0.1) is 0 Å². The first-order chi connectivity index (χ1) is 11.6. The van der Waals surface area contributed by atoms with E-state index in [0.717, 1.165) is 25.9 Å². The number of nitrogens with one attached hydrogen (secondary N) is 1. The first-order valence-electron chi connectivity index (χ1n) is 8.06. The highest BCUT2D eigenvalue weighted by molar-refractivity contribution is 6.05. The molecule has 24 heavy (non-hydrogen) atoms. The Bertz CT molecular complexity index is 638. The van der Waals surface area contributed by atoms with Crippen molar-refractivity contribution in [3.05, 3.63) is 17.7 Å². The lowest BCUT2D eigenvalue weighted by Gasteiger charge is -2.30. The molecule has 2 aliphatic rings. The Morgan fingerprint density at radius 1 is 1.25 bits per heavy atom. The highest BCUT2D eigenvalue weighted by atomic mass is 16.7. The first kappa shape index (κ1) is 16.7. The van der Waals surface area contributed by atoms with Crippen molar-refractivity contribution < 1.29 is 23.8 Å². The molecule has 1 fully saturated rings. The summed E-state index contributed by atoms with van der Waals surface area (Å²) in [7, 11) is 1.72. The molecule has 2 aliphatic heterocycles. The molecule has 7 heteroatoms. The summed E-state index contributed by atoms with van der Waals surface area (Å²) in [5.41, 5.74) is 0.884. The predicted molar refractivity (Wildman–Crippen MR) is 87.7 cm³/mol. The van der Waals surface area contributed by atoms with E-state index < -0.39 is 0 Å². The van der Waals surface area contributed by atoms with E-state index in [1.807, 2.05) is 0 Å². The third-order valence-electron chi connectivity index (χ3n) is 4.40. The maximum absolute atomic E-state index is 12.3. The van der Waals surface area contributed by atoms with Crippen molar-refractivity contribution in [3.63, 3.8) is 0 Å². The fourth-order valence-corrected chi connectivity index (χ4v) is 3.03. The van der Waals surface area contributed by atoms with Crippen LogP contribution in [0.5, 0.6) is 11.5 Å². The smallest absolute Gasteiger partial charge is 0.238 e. The van der Waals surface area contributed by atoms with Crippen LogP contribution in [0.1, 0.15) is 30.1 Å². The number of fused-ring (bicyclic) bond motifs is 1. The number of ether oxygens (including phenoxy) is 3. The van der Waals surface area contributed by atoms with Crippen molar-refractivity contribution in [2.24, 2.45) is 0 Å². The number of amides is 1. The standard InChI is InChI=1S/C17H22N2O5/c1-11(20)13-7-15-16(24-10-23-15)8-14(13)18-17(21)9-19-5-3-12(22-2)4-6-19/h7-8,12H,3-6,9-10H2,1-2H3,(H,18,21). The molecule has 0 atom stereocenters. The predicted octanol–water partition coefficient (Wildman–Crippen LogP) is 1.67. The van der Waals surface area contributed by atoms with Crippen molar-refractivity contribution in [2.45, 2.75) is 25.9 Å². The molecule has 0 bridgehead atoms. The van der Waals surface area contributed by atoms with E-state index in [9.17, 15) is 9.59 Å². The Balaban J connectivity index is 1.65. The number of nitrogens with zero attached hydrogens (tertiary/aromatic N) is 1. The lowest BCUT2D eigenvalue weighted by Crippen LogP contribution is -2.41. The quantitative estimate of drug-likeness (QED) is 0.826.